The number of amides is 1. The van der Waals surface area contributed by atoms with Crippen molar-refractivity contribution in [1.82, 2.24) is 4.98 Å². The topological polar surface area (TPSA) is 42.0 Å². The first-order chi connectivity index (χ1) is 8.38. The van der Waals surface area contributed by atoms with E-state index in [1.54, 1.807) is 0 Å². The van der Waals surface area contributed by atoms with Gasteiger partial charge >= 0.3 is 6.18 Å². The van der Waals surface area contributed by atoms with Crippen LogP contribution in [0.25, 0.3) is 0 Å². The van der Waals surface area contributed by atoms with Gasteiger partial charge in [-0.25, -0.2) is 4.98 Å². The Labute approximate surface area is 110 Å². The van der Waals surface area contributed by atoms with Gasteiger partial charge in [0.25, 0.3) is 0 Å². The molecule has 0 radical (unpaired) electrons. The maximum absolute atomic E-state index is 12.4. The minimum Gasteiger partial charge on any atom is -0.324 e. The molecule has 1 aromatic rings. The summed E-state index contributed by atoms with van der Waals surface area (Å²) in [6.45, 7) is 0. The van der Waals surface area contributed by atoms with E-state index in [4.69, 9.17) is 0 Å². The summed E-state index contributed by atoms with van der Waals surface area (Å²) in [4.78, 5) is 15.0. The van der Waals surface area contributed by atoms with E-state index in [0.717, 1.165) is 25.3 Å². The Morgan fingerprint density at radius 2 is 2.06 bits per heavy atom. The van der Waals surface area contributed by atoms with E-state index >= 15 is 0 Å². The molecule has 0 aliphatic heterocycles. The highest BCUT2D eigenvalue weighted by molar-refractivity contribution is 9.10. The first-order valence-corrected chi connectivity index (χ1v) is 6.22. The number of carbonyl (C=O) groups excluding carboxylic acids is 1. The van der Waals surface area contributed by atoms with Crippen LogP contribution in [0.15, 0.2) is 16.7 Å². The predicted molar refractivity (Wildman–Crippen MR) is 62.9 cm³/mol. The van der Waals surface area contributed by atoms with Gasteiger partial charge in [0.2, 0.25) is 5.91 Å². The van der Waals surface area contributed by atoms with Gasteiger partial charge < -0.3 is 5.32 Å². The summed E-state index contributed by atoms with van der Waals surface area (Å²) in [5.74, 6) is -0.192. The molecule has 1 aliphatic rings. The third-order valence-electron chi connectivity index (χ3n) is 2.87. The standard InChI is InChI=1S/C11H10BrF3N2O/c12-9-7(16-10(18)6-2-1-3-6)4-5-8(17-9)11(13,14)15/h4-6H,1-3H2,(H,16,18). The molecule has 0 unspecified atom stereocenters. The van der Waals surface area contributed by atoms with E-state index in [0.29, 0.717) is 0 Å². The monoisotopic (exact) mass is 322 g/mol. The third-order valence-corrected chi connectivity index (χ3v) is 3.48. The molecule has 1 aliphatic carbocycles. The highest BCUT2D eigenvalue weighted by Gasteiger charge is 2.33. The van der Waals surface area contributed by atoms with Crippen molar-refractivity contribution in [3.8, 4) is 0 Å². The van der Waals surface area contributed by atoms with Crippen LogP contribution in [0.1, 0.15) is 25.0 Å². The Bertz CT molecular complexity index is 472. The average Bonchev–Trinajstić information content (AvgIpc) is 2.16. The Balaban J connectivity index is 2.12. The summed E-state index contributed by atoms with van der Waals surface area (Å²) in [7, 11) is 0. The smallest absolute Gasteiger partial charge is 0.324 e. The lowest BCUT2D eigenvalue weighted by Gasteiger charge is -2.24. The summed E-state index contributed by atoms with van der Waals surface area (Å²) in [6.07, 6.45) is -1.81. The molecular formula is C11H10BrF3N2O. The lowest BCUT2D eigenvalue weighted by Crippen LogP contribution is -2.28. The minimum absolute atomic E-state index is 0.00926. The fourth-order valence-corrected chi connectivity index (χ4v) is 2.01. The molecule has 3 nitrogen and oxygen atoms in total. The summed E-state index contributed by atoms with van der Waals surface area (Å²) < 4.78 is 37.1. The number of alkyl halides is 3. The van der Waals surface area contributed by atoms with Gasteiger partial charge in [-0.1, -0.05) is 6.42 Å². The number of nitrogens with one attached hydrogen (secondary N) is 1. The van der Waals surface area contributed by atoms with Gasteiger partial charge in [-0.15, -0.1) is 0 Å². The number of halogens is 4. The van der Waals surface area contributed by atoms with Gasteiger partial charge in [0.05, 0.1) is 5.69 Å². The predicted octanol–water partition coefficient (Wildman–Crippen LogP) is 3.60. The second-order valence-corrected chi connectivity index (χ2v) is 4.90. The SMILES string of the molecule is O=C(Nc1ccc(C(F)(F)F)nc1Br)C1CCC1. The molecule has 0 saturated heterocycles. The van der Waals surface area contributed by atoms with E-state index in [2.05, 4.69) is 26.2 Å². The summed E-state index contributed by atoms with van der Waals surface area (Å²) in [5, 5.41) is 2.58. The minimum atomic E-state index is -4.49. The molecule has 1 N–H and O–H groups in total. The van der Waals surface area contributed by atoms with Crippen LogP contribution < -0.4 is 5.32 Å². The summed E-state index contributed by atoms with van der Waals surface area (Å²) in [6, 6.07) is 2.05. The molecule has 18 heavy (non-hydrogen) atoms. The number of aromatic nitrogens is 1. The van der Waals surface area contributed by atoms with Crippen LogP contribution in [0.2, 0.25) is 0 Å². The van der Waals surface area contributed by atoms with Crippen molar-refractivity contribution < 1.29 is 18.0 Å². The number of hydrogen-bond donors (Lipinski definition) is 1. The fraction of sp³-hybridized carbons (Fsp3) is 0.455. The summed E-state index contributed by atoms with van der Waals surface area (Å²) in [5.41, 5.74) is -0.726. The first-order valence-electron chi connectivity index (χ1n) is 5.42. The maximum Gasteiger partial charge on any atom is 0.433 e. The molecule has 2 rings (SSSR count). The van der Waals surface area contributed by atoms with Crippen molar-refractivity contribution >= 4 is 27.5 Å². The van der Waals surface area contributed by atoms with Crippen LogP contribution >= 0.6 is 15.9 Å². The Morgan fingerprint density at radius 3 is 2.50 bits per heavy atom. The molecule has 1 saturated carbocycles. The van der Waals surface area contributed by atoms with Crippen molar-refractivity contribution in [2.75, 3.05) is 5.32 Å². The summed E-state index contributed by atoms with van der Waals surface area (Å²) >= 11 is 2.93. The van der Waals surface area contributed by atoms with Gasteiger partial charge in [-0.3, -0.25) is 4.79 Å². The van der Waals surface area contributed by atoms with Crippen molar-refractivity contribution in [3.63, 3.8) is 0 Å². The maximum atomic E-state index is 12.4. The number of anilines is 1. The van der Waals surface area contributed by atoms with Gasteiger partial charge in [-0.2, -0.15) is 13.2 Å². The zero-order chi connectivity index (χ0) is 13.3. The lowest BCUT2D eigenvalue weighted by molar-refractivity contribution is -0.141. The molecule has 1 aromatic heterocycles. The molecule has 7 heteroatoms. The van der Waals surface area contributed by atoms with Crippen molar-refractivity contribution in [1.29, 1.82) is 0 Å². The molecule has 0 atom stereocenters. The highest BCUT2D eigenvalue weighted by Crippen LogP contribution is 2.32. The third kappa shape index (κ3) is 2.82. The molecule has 0 spiro atoms. The van der Waals surface area contributed by atoms with Crippen LogP contribution in [-0.4, -0.2) is 10.9 Å². The molecular weight excluding hydrogens is 313 g/mol. The molecule has 1 amide bonds. The molecule has 1 fully saturated rings. The van der Waals surface area contributed by atoms with Gasteiger partial charge in [0.1, 0.15) is 10.3 Å². The highest BCUT2D eigenvalue weighted by atomic mass is 79.9. The van der Waals surface area contributed by atoms with Crippen molar-refractivity contribution in [2.45, 2.75) is 25.4 Å². The van der Waals surface area contributed by atoms with E-state index in [-0.39, 0.29) is 22.1 Å². The van der Waals surface area contributed by atoms with Crippen molar-refractivity contribution in [3.05, 3.63) is 22.4 Å². The van der Waals surface area contributed by atoms with Crippen LogP contribution in [0.5, 0.6) is 0 Å². The Kier molecular flexibility index (Phi) is 3.61. The van der Waals surface area contributed by atoms with E-state index in [1.165, 1.54) is 6.07 Å². The van der Waals surface area contributed by atoms with E-state index < -0.39 is 11.9 Å². The second kappa shape index (κ2) is 4.87. The van der Waals surface area contributed by atoms with Crippen LogP contribution in [0.3, 0.4) is 0 Å². The van der Waals surface area contributed by atoms with Crippen molar-refractivity contribution in [2.24, 2.45) is 5.92 Å². The van der Waals surface area contributed by atoms with Crippen LogP contribution in [0, 0.1) is 5.92 Å². The molecule has 0 aromatic carbocycles. The Hall–Kier alpha value is -1.11. The number of carbonyl (C=O) groups is 1. The average molecular weight is 323 g/mol. The fourth-order valence-electron chi connectivity index (χ4n) is 1.59. The van der Waals surface area contributed by atoms with Gasteiger partial charge in [0.15, 0.2) is 0 Å². The van der Waals surface area contributed by atoms with Crippen LogP contribution in [-0.2, 0) is 11.0 Å². The molecule has 1 heterocycles. The number of hydrogen-bond acceptors (Lipinski definition) is 2. The normalized spacial score (nSPS) is 16.2. The largest absolute Gasteiger partial charge is 0.433 e. The van der Waals surface area contributed by atoms with Gasteiger partial charge in [0, 0.05) is 5.92 Å². The number of pyridine rings is 1. The Morgan fingerprint density at radius 1 is 1.39 bits per heavy atom. The lowest BCUT2D eigenvalue weighted by atomic mass is 9.85. The number of nitrogens with zero attached hydrogens (tertiary/aromatic N) is 1. The molecule has 0 bridgehead atoms. The van der Waals surface area contributed by atoms with E-state index in [9.17, 15) is 18.0 Å². The number of rotatable bonds is 2. The molecule has 98 valence electrons. The quantitative estimate of drug-likeness (QED) is 0.845. The zero-order valence-electron chi connectivity index (χ0n) is 9.22. The zero-order valence-corrected chi connectivity index (χ0v) is 10.8. The first kappa shape index (κ1) is 13.3. The van der Waals surface area contributed by atoms with Gasteiger partial charge in [-0.05, 0) is 40.9 Å². The van der Waals surface area contributed by atoms with Crippen LogP contribution in [0.4, 0.5) is 18.9 Å². The van der Waals surface area contributed by atoms with E-state index in [1.807, 2.05) is 0 Å². The second-order valence-electron chi connectivity index (χ2n) is 4.15.